The molecule has 0 unspecified atom stereocenters. The van der Waals surface area contributed by atoms with Gasteiger partial charge in [0, 0.05) is 11.3 Å². The molecule has 4 nitrogen and oxygen atoms in total. The first-order chi connectivity index (χ1) is 7.11. The van der Waals surface area contributed by atoms with Crippen LogP contribution in [-0.2, 0) is 4.74 Å². The molecule has 0 saturated heterocycles. The molecule has 1 aromatic carbocycles. The van der Waals surface area contributed by atoms with Crippen LogP contribution in [0, 0.1) is 6.92 Å². The Hall–Kier alpha value is -1.71. The fraction of sp³-hybridized carbons (Fsp3) is 0.364. The summed E-state index contributed by atoms with van der Waals surface area (Å²) in [6, 6.07) is 3.39. The van der Waals surface area contributed by atoms with E-state index in [0.29, 0.717) is 29.2 Å². The van der Waals surface area contributed by atoms with Gasteiger partial charge in [0.15, 0.2) is 0 Å². The standard InChI is InChI=1S/C11H15NO3/c1-4-15-9-6-5-8(12)10(7(9)2)11(13)14-3/h5-6H,4,12H2,1-3H3. The lowest BCUT2D eigenvalue weighted by Crippen LogP contribution is -2.09. The van der Waals surface area contributed by atoms with E-state index in [1.54, 1.807) is 19.1 Å². The number of methoxy groups -OCH3 is 1. The van der Waals surface area contributed by atoms with Crippen LogP contribution in [0.5, 0.6) is 5.75 Å². The number of esters is 1. The molecule has 0 fully saturated rings. The molecule has 0 aliphatic rings. The molecule has 0 spiro atoms. The summed E-state index contributed by atoms with van der Waals surface area (Å²) in [4.78, 5) is 11.5. The Morgan fingerprint density at radius 2 is 2.13 bits per heavy atom. The Bertz CT molecular complexity index is 374. The van der Waals surface area contributed by atoms with E-state index in [4.69, 9.17) is 10.5 Å². The highest BCUT2D eigenvalue weighted by molar-refractivity contribution is 5.97. The largest absolute Gasteiger partial charge is 0.494 e. The minimum atomic E-state index is -0.438. The van der Waals surface area contributed by atoms with Crippen LogP contribution < -0.4 is 10.5 Å². The molecule has 0 radical (unpaired) electrons. The molecular formula is C11H15NO3. The summed E-state index contributed by atoms with van der Waals surface area (Å²) < 4.78 is 10.0. The first-order valence-corrected chi connectivity index (χ1v) is 4.72. The van der Waals surface area contributed by atoms with E-state index in [9.17, 15) is 4.79 Å². The van der Waals surface area contributed by atoms with Crippen molar-refractivity contribution in [3.63, 3.8) is 0 Å². The molecule has 0 amide bonds. The zero-order valence-corrected chi connectivity index (χ0v) is 9.16. The van der Waals surface area contributed by atoms with Crippen LogP contribution >= 0.6 is 0 Å². The number of carbonyl (C=O) groups excluding carboxylic acids is 1. The van der Waals surface area contributed by atoms with Crippen molar-refractivity contribution in [1.29, 1.82) is 0 Å². The Labute approximate surface area is 89.0 Å². The summed E-state index contributed by atoms with van der Waals surface area (Å²) in [6.45, 7) is 4.21. The fourth-order valence-electron chi connectivity index (χ4n) is 1.40. The second kappa shape index (κ2) is 4.68. The summed E-state index contributed by atoms with van der Waals surface area (Å²) in [5.41, 5.74) is 7.20. The lowest BCUT2D eigenvalue weighted by Gasteiger charge is -2.12. The highest BCUT2D eigenvalue weighted by Gasteiger charge is 2.16. The summed E-state index contributed by atoms with van der Waals surface area (Å²) >= 11 is 0. The molecular weight excluding hydrogens is 194 g/mol. The quantitative estimate of drug-likeness (QED) is 0.608. The molecule has 0 saturated carbocycles. The highest BCUT2D eigenvalue weighted by Crippen LogP contribution is 2.26. The van der Waals surface area contributed by atoms with Gasteiger partial charge < -0.3 is 15.2 Å². The smallest absolute Gasteiger partial charge is 0.340 e. The minimum absolute atomic E-state index is 0.378. The van der Waals surface area contributed by atoms with E-state index in [1.807, 2.05) is 6.92 Å². The number of hydrogen-bond acceptors (Lipinski definition) is 4. The molecule has 82 valence electrons. The molecule has 2 N–H and O–H groups in total. The predicted molar refractivity (Wildman–Crippen MR) is 58.1 cm³/mol. The van der Waals surface area contributed by atoms with Gasteiger partial charge in [-0.05, 0) is 26.0 Å². The number of benzene rings is 1. The highest BCUT2D eigenvalue weighted by atomic mass is 16.5. The molecule has 15 heavy (non-hydrogen) atoms. The fourth-order valence-corrected chi connectivity index (χ4v) is 1.40. The van der Waals surface area contributed by atoms with Gasteiger partial charge in [0.1, 0.15) is 5.75 Å². The van der Waals surface area contributed by atoms with Crippen molar-refractivity contribution in [2.45, 2.75) is 13.8 Å². The Morgan fingerprint density at radius 1 is 1.47 bits per heavy atom. The number of carbonyl (C=O) groups is 1. The van der Waals surface area contributed by atoms with E-state index in [0.717, 1.165) is 0 Å². The Kier molecular flexibility index (Phi) is 3.55. The van der Waals surface area contributed by atoms with Crippen LogP contribution in [0.25, 0.3) is 0 Å². The zero-order valence-electron chi connectivity index (χ0n) is 9.16. The average Bonchev–Trinajstić information content (AvgIpc) is 2.22. The van der Waals surface area contributed by atoms with Gasteiger partial charge in [-0.3, -0.25) is 0 Å². The summed E-state index contributed by atoms with van der Waals surface area (Å²) in [7, 11) is 1.33. The summed E-state index contributed by atoms with van der Waals surface area (Å²) in [5.74, 6) is 0.221. The SMILES string of the molecule is CCOc1ccc(N)c(C(=O)OC)c1C. The van der Waals surface area contributed by atoms with Crippen LogP contribution in [0.1, 0.15) is 22.8 Å². The zero-order chi connectivity index (χ0) is 11.4. The van der Waals surface area contributed by atoms with Crippen LogP contribution in [0.15, 0.2) is 12.1 Å². The van der Waals surface area contributed by atoms with Crippen molar-refractivity contribution < 1.29 is 14.3 Å². The maximum absolute atomic E-state index is 11.5. The van der Waals surface area contributed by atoms with Crippen molar-refractivity contribution in [2.24, 2.45) is 0 Å². The number of ether oxygens (including phenoxy) is 2. The van der Waals surface area contributed by atoms with Crippen molar-refractivity contribution in [3.8, 4) is 5.75 Å². The molecule has 0 aliphatic carbocycles. The normalized spacial score (nSPS) is 9.80. The third-order valence-electron chi connectivity index (χ3n) is 2.14. The third-order valence-corrected chi connectivity index (χ3v) is 2.14. The van der Waals surface area contributed by atoms with E-state index in [1.165, 1.54) is 7.11 Å². The molecule has 1 aromatic rings. The number of nitrogens with two attached hydrogens (primary N) is 1. The first-order valence-electron chi connectivity index (χ1n) is 4.72. The molecule has 0 atom stereocenters. The van der Waals surface area contributed by atoms with Gasteiger partial charge in [0.2, 0.25) is 0 Å². The number of rotatable bonds is 3. The third kappa shape index (κ3) is 2.21. The monoisotopic (exact) mass is 209 g/mol. The Morgan fingerprint density at radius 3 is 2.67 bits per heavy atom. The lowest BCUT2D eigenvalue weighted by molar-refractivity contribution is 0.0600. The van der Waals surface area contributed by atoms with Crippen LogP contribution in [0.2, 0.25) is 0 Å². The number of nitrogen functional groups attached to an aromatic ring is 1. The van der Waals surface area contributed by atoms with Crippen molar-refractivity contribution in [3.05, 3.63) is 23.3 Å². The van der Waals surface area contributed by atoms with Gasteiger partial charge in [-0.25, -0.2) is 4.79 Å². The minimum Gasteiger partial charge on any atom is -0.494 e. The number of hydrogen-bond donors (Lipinski definition) is 1. The van der Waals surface area contributed by atoms with Crippen molar-refractivity contribution in [1.82, 2.24) is 0 Å². The maximum atomic E-state index is 11.5. The maximum Gasteiger partial charge on any atom is 0.340 e. The predicted octanol–water partition coefficient (Wildman–Crippen LogP) is 1.76. The van der Waals surface area contributed by atoms with Gasteiger partial charge in [0.05, 0.1) is 19.3 Å². The Balaban J connectivity index is 3.23. The van der Waals surface area contributed by atoms with Crippen LogP contribution in [0.4, 0.5) is 5.69 Å². The van der Waals surface area contributed by atoms with E-state index >= 15 is 0 Å². The molecule has 0 aromatic heterocycles. The van der Waals surface area contributed by atoms with E-state index in [-0.39, 0.29) is 0 Å². The molecule has 4 heteroatoms. The second-order valence-electron chi connectivity index (χ2n) is 3.08. The van der Waals surface area contributed by atoms with Gasteiger partial charge in [-0.1, -0.05) is 0 Å². The van der Waals surface area contributed by atoms with E-state index < -0.39 is 5.97 Å². The summed E-state index contributed by atoms with van der Waals surface area (Å²) in [6.07, 6.45) is 0. The van der Waals surface area contributed by atoms with Crippen molar-refractivity contribution >= 4 is 11.7 Å². The van der Waals surface area contributed by atoms with Gasteiger partial charge >= 0.3 is 5.97 Å². The van der Waals surface area contributed by atoms with E-state index in [2.05, 4.69) is 4.74 Å². The molecule has 0 heterocycles. The van der Waals surface area contributed by atoms with Crippen LogP contribution in [0.3, 0.4) is 0 Å². The van der Waals surface area contributed by atoms with Crippen LogP contribution in [-0.4, -0.2) is 19.7 Å². The summed E-state index contributed by atoms with van der Waals surface area (Å²) in [5, 5.41) is 0. The molecule has 0 bridgehead atoms. The second-order valence-corrected chi connectivity index (χ2v) is 3.08. The number of anilines is 1. The van der Waals surface area contributed by atoms with Gasteiger partial charge in [-0.15, -0.1) is 0 Å². The van der Waals surface area contributed by atoms with Gasteiger partial charge in [0.25, 0.3) is 0 Å². The topological polar surface area (TPSA) is 61.5 Å². The lowest BCUT2D eigenvalue weighted by atomic mass is 10.1. The molecule has 0 aliphatic heterocycles. The van der Waals surface area contributed by atoms with Gasteiger partial charge in [-0.2, -0.15) is 0 Å². The molecule has 1 rings (SSSR count). The average molecular weight is 209 g/mol. The van der Waals surface area contributed by atoms with Crippen molar-refractivity contribution in [2.75, 3.05) is 19.5 Å². The first kappa shape index (κ1) is 11.4.